The van der Waals surface area contributed by atoms with Gasteiger partial charge in [0.1, 0.15) is 5.75 Å². The van der Waals surface area contributed by atoms with Gasteiger partial charge in [-0.2, -0.15) is 0 Å². The van der Waals surface area contributed by atoms with E-state index in [0.29, 0.717) is 32.0 Å². The monoisotopic (exact) mass is 250 g/mol. The van der Waals surface area contributed by atoms with E-state index in [1.807, 2.05) is 37.3 Å². The van der Waals surface area contributed by atoms with Crippen molar-refractivity contribution in [2.75, 3.05) is 26.7 Å². The zero-order valence-electron chi connectivity index (χ0n) is 11.1. The second-order valence-corrected chi connectivity index (χ2v) is 4.53. The molecular formula is C14H22N2O2. The van der Waals surface area contributed by atoms with Crippen LogP contribution in [0.5, 0.6) is 5.75 Å². The van der Waals surface area contributed by atoms with Crippen LogP contribution in [0.3, 0.4) is 0 Å². The molecule has 0 aliphatic carbocycles. The molecule has 1 aromatic carbocycles. The van der Waals surface area contributed by atoms with Gasteiger partial charge in [0, 0.05) is 13.6 Å². The number of para-hydroxylation sites is 1. The van der Waals surface area contributed by atoms with Gasteiger partial charge in [-0.1, -0.05) is 25.1 Å². The minimum Gasteiger partial charge on any atom is -0.493 e. The van der Waals surface area contributed by atoms with Crippen LogP contribution < -0.4 is 10.5 Å². The molecule has 0 saturated carbocycles. The van der Waals surface area contributed by atoms with E-state index in [-0.39, 0.29) is 5.91 Å². The third-order valence-corrected chi connectivity index (χ3v) is 2.74. The summed E-state index contributed by atoms with van der Waals surface area (Å²) in [5.41, 5.74) is 5.53. The number of benzene rings is 1. The van der Waals surface area contributed by atoms with E-state index in [1.165, 1.54) is 0 Å². The molecule has 1 atom stereocenters. The number of carbonyl (C=O) groups is 1. The molecular weight excluding hydrogens is 228 g/mol. The first-order valence-corrected chi connectivity index (χ1v) is 6.25. The van der Waals surface area contributed by atoms with E-state index in [2.05, 4.69) is 0 Å². The van der Waals surface area contributed by atoms with Crippen molar-refractivity contribution in [1.29, 1.82) is 0 Å². The van der Waals surface area contributed by atoms with Gasteiger partial charge in [-0.15, -0.1) is 0 Å². The predicted molar refractivity (Wildman–Crippen MR) is 72.4 cm³/mol. The van der Waals surface area contributed by atoms with Crippen molar-refractivity contribution < 1.29 is 9.53 Å². The quantitative estimate of drug-likeness (QED) is 0.798. The van der Waals surface area contributed by atoms with Crippen LogP contribution in [-0.2, 0) is 4.79 Å². The maximum Gasteiger partial charge on any atom is 0.225 e. The van der Waals surface area contributed by atoms with E-state index in [0.717, 1.165) is 5.75 Å². The average molecular weight is 250 g/mol. The lowest BCUT2D eigenvalue weighted by atomic mass is 10.2. The lowest BCUT2D eigenvalue weighted by Crippen LogP contribution is -2.34. The molecule has 1 unspecified atom stereocenters. The highest BCUT2D eigenvalue weighted by Crippen LogP contribution is 2.08. The highest BCUT2D eigenvalue weighted by Gasteiger charge is 2.11. The Morgan fingerprint density at radius 2 is 2.06 bits per heavy atom. The molecule has 0 radical (unpaired) electrons. The molecule has 0 spiro atoms. The minimum absolute atomic E-state index is 0.0891. The van der Waals surface area contributed by atoms with E-state index >= 15 is 0 Å². The summed E-state index contributed by atoms with van der Waals surface area (Å²) in [5.74, 6) is 1.21. The van der Waals surface area contributed by atoms with E-state index in [1.54, 1.807) is 11.9 Å². The Morgan fingerprint density at radius 1 is 1.39 bits per heavy atom. The van der Waals surface area contributed by atoms with Crippen molar-refractivity contribution in [3.8, 4) is 5.75 Å². The Kier molecular flexibility index (Phi) is 6.22. The lowest BCUT2D eigenvalue weighted by Gasteiger charge is -2.20. The van der Waals surface area contributed by atoms with Crippen LogP contribution in [0.1, 0.15) is 13.3 Å². The summed E-state index contributed by atoms with van der Waals surface area (Å²) in [4.78, 5) is 13.5. The van der Waals surface area contributed by atoms with Crippen molar-refractivity contribution in [2.24, 2.45) is 11.7 Å². The molecule has 0 saturated heterocycles. The first-order valence-electron chi connectivity index (χ1n) is 6.25. The fourth-order valence-corrected chi connectivity index (χ4v) is 1.61. The van der Waals surface area contributed by atoms with Crippen molar-refractivity contribution in [2.45, 2.75) is 13.3 Å². The Bertz CT molecular complexity index is 354. The molecule has 0 heterocycles. The van der Waals surface area contributed by atoms with Crippen LogP contribution in [0, 0.1) is 5.92 Å². The van der Waals surface area contributed by atoms with Crippen LogP contribution in [0.4, 0.5) is 0 Å². The summed E-state index contributed by atoms with van der Waals surface area (Å²) in [6.07, 6.45) is 0.392. The molecule has 100 valence electrons. The number of rotatable bonds is 7. The smallest absolute Gasteiger partial charge is 0.225 e. The molecule has 0 bridgehead atoms. The van der Waals surface area contributed by atoms with Gasteiger partial charge in [-0.05, 0) is 24.6 Å². The topological polar surface area (TPSA) is 55.6 Å². The molecule has 2 N–H and O–H groups in total. The Balaban J connectivity index is 2.24. The number of hydrogen-bond donors (Lipinski definition) is 1. The van der Waals surface area contributed by atoms with Crippen LogP contribution in [-0.4, -0.2) is 37.6 Å². The van der Waals surface area contributed by atoms with Crippen molar-refractivity contribution in [3.05, 3.63) is 30.3 Å². The molecule has 0 aromatic heterocycles. The highest BCUT2D eigenvalue weighted by atomic mass is 16.5. The van der Waals surface area contributed by atoms with Gasteiger partial charge in [0.15, 0.2) is 0 Å². The third kappa shape index (κ3) is 5.19. The summed E-state index contributed by atoms with van der Waals surface area (Å²) < 4.78 is 5.49. The number of nitrogens with zero attached hydrogens (tertiary/aromatic N) is 1. The minimum atomic E-state index is 0.0891. The zero-order valence-corrected chi connectivity index (χ0v) is 11.1. The molecule has 0 aliphatic rings. The van der Waals surface area contributed by atoms with Gasteiger partial charge in [0.25, 0.3) is 0 Å². The summed E-state index contributed by atoms with van der Waals surface area (Å²) in [5, 5.41) is 0. The Labute approximate surface area is 109 Å². The van der Waals surface area contributed by atoms with E-state index < -0.39 is 0 Å². The second kappa shape index (κ2) is 7.71. The summed E-state index contributed by atoms with van der Waals surface area (Å²) in [6.45, 7) is 3.73. The van der Waals surface area contributed by atoms with E-state index in [4.69, 9.17) is 10.5 Å². The SMILES string of the molecule is CC(CN)CN(C)C(=O)CCOc1ccccc1. The molecule has 1 rings (SSSR count). The van der Waals surface area contributed by atoms with Gasteiger partial charge in [0.2, 0.25) is 5.91 Å². The summed E-state index contributed by atoms with van der Waals surface area (Å²) >= 11 is 0. The second-order valence-electron chi connectivity index (χ2n) is 4.53. The number of ether oxygens (including phenoxy) is 1. The predicted octanol–water partition coefficient (Wildman–Crippen LogP) is 1.51. The van der Waals surface area contributed by atoms with Gasteiger partial charge in [0.05, 0.1) is 13.0 Å². The largest absolute Gasteiger partial charge is 0.493 e. The summed E-state index contributed by atoms with van der Waals surface area (Å²) in [7, 11) is 1.80. The molecule has 1 aromatic rings. The average Bonchev–Trinajstić information content (AvgIpc) is 2.39. The van der Waals surface area contributed by atoms with Crippen molar-refractivity contribution >= 4 is 5.91 Å². The molecule has 1 amide bonds. The standard InChI is InChI=1S/C14H22N2O2/c1-12(10-15)11-16(2)14(17)8-9-18-13-6-4-3-5-7-13/h3-7,12H,8-11,15H2,1-2H3. The number of carbonyl (C=O) groups excluding carboxylic acids is 1. The molecule has 0 fully saturated rings. The van der Waals surface area contributed by atoms with Crippen molar-refractivity contribution in [1.82, 2.24) is 4.90 Å². The Morgan fingerprint density at radius 3 is 2.67 bits per heavy atom. The van der Waals surface area contributed by atoms with Gasteiger partial charge in [-0.3, -0.25) is 4.79 Å². The first kappa shape index (κ1) is 14.5. The van der Waals surface area contributed by atoms with Gasteiger partial charge >= 0.3 is 0 Å². The normalized spacial score (nSPS) is 11.9. The van der Waals surface area contributed by atoms with Crippen LogP contribution >= 0.6 is 0 Å². The first-order chi connectivity index (χ1) is 8.63. The zero-order chi connectivity index (χ0) is 13.4. The fraction of sp³-hybridized carbons (Fsp3) is 0.500. The summed E-state index contributed by atoms with van der Waals surface area (Å²) in [6, 6.07) is 9.51. The molecule has 18 heavy (non-hydrogen) atoms. The number of nitrogens with two attached hydrogens (primary N) is 1. The molecule has 4 heteroatoms. The van der Waals surface area contributed by atoms with Crippen molar-refractivity contribution in [3.63, 3.8) is 0 Å². The highest BCUT2D eigenvalue weighted by molar-refractivity contribution is 5.75. The van der Waals surface area contributed by atoms with Crippen LogP contribution in [0.25, 0.3) is 0 Å². The third-order valence-electron chi connectivity index (χ3n) is 2.74. The van der Waals surface area contributed by atoms with Crippen LogP contribution in [0.2, 0.25) is 0 Å². The molecule has 4 nitrogen and oxygen atoms in total. The van der Waals surface area contributed by atoms with Crippen LogP contribution in [0.15, 0.2) is 30.3 Å². The number of hydrogen-bond acceptors (Lipinski definition) is 3. The molecule has 0 aliphatic heterocycles. The maximum atomic E-state index is 11.8. The Hall–Kier alpha value is -1.55. The lowest BCUT2D eigenvalue weighted by molar-refractivity contribution is -0.130. The maximum absolute atomic E-state index is 11.8. The van der Waals surface area contributed by atoms with E-state index in [9.17, 15) is 4.79 Å². The van der Waals surface area contributed by atoms with Gasteiger partial charge < -0.3 is 15.4 Å². The fourth-order valence-electron chi connectivity index (χ4n) is 1.61. The number of amides is 1. The van der Waals surface area contributed by atoms with Gasteiger partial charge in [-0.25, -0.2) is 0 Å².